The Morgan fingerprint density at radius 3 is 2.37 bits per heavy atom. The maximum Gasteiger partial charge on any atom is 0.262 e. The summed E-state index contributed by atoms with van der Waals surface area (Å²) < 4.78 is 27.0. The van der Waals surface area contributed by atoms with E-state index in [0.717, 1.165) is 0 Å². The van der Waals surface area contributed by atoms with Gasteiger partial charge in [0.25, 0.3) is 10.0 Å². The molecule has 2 aromatic carbocycles. The van der Waals surface area contributed by atoms with Gasteiger partial charge >= 0.3 is 0 Å². The van der Waals surface area contributed by atoms with Crippen LogP contribution in [0, 0.1) is 6.92 Å². The minimum atomic E-state index is -3.66. The third-order valence-electron chi connectivity index (χ3n) is 2.56. The molecule has 3 nitrogen and oxygen atoms in total. The van der Waals surface area contributed by atoms with Crippen molar-refractivity contribution in [2.45, 2.75) is 11.8 Å². The lowest BCUT2D eigenvalue weighted by molar-refractivity contribution is 0.600. The first-order chi connectivity index (χ1) is 8.90. The van der Waals surface area contributed by atoms with E-state index in [9.17, 15) is 8.42 Å². The summed E-state index contributed by atoms with van der Waals surface area (Å²) in [6.07, 6.45) is 0. The van der Waals surface area contributed by atoms with Gasteiger partial charge in [0.2, 0.25) is 0 Å². The average Bonchev–Trinajstić information content (AvgIpc) is 2.33. The molecule has 0 spiro atoms. The van der Waals surface area contributed by atoms with Gasteiger partial charge in [-0.25, -0.2) is 8.42 Å². The molecule has 0 bridgehead atoms. The van der Waals surface area contributed by atoms with E-state index in [4.69, 9.17) is 23.2 Å². The van der Waals surface area contributed by atoms with Crippen molar-refractivity contribution in [3.05, 3.63) is 58.1 Å². The van der Waals surface area contributed by atoms with Gasteiger partial charge in [0.1, 0.15) is 0 Å². The van der Waals surface area contributed by atoms with Crippen LogP contribution in [0.1, 0.15) is 5.56 Å². The second-order valence-corrected chi connectivity index (χ2v) is 6.49. The molecule has 100 valence electrons. The van der Waals surface area contributed by atoms with Crippen molar-refractivity contribution in [3.8, 4) is 0 Å². The number of hydrogen-bond acceptors (Lipinski definition) is 2. The summed E-state index contributed by atoms with van der Waals surface area (Å²) >= 11 is 11.7. The molecule has 0 atom stereocenters. The average molecular weight is 316 g/mol. The Labute approximate surface area is 122 Å². The number of hydrogen-bond donors (Lipinski definition) is 1. The molecule has 0 fully saturated rings. The molecule has 0 aliphatic heterocycles. The minimum absolute atomic E-state index is 0.223. The van der Waals surface area contributed by atoms with E-state index >= 15 is 0 Å². The number of sulfonamides is 1. The second-order valence-electron chi connectivity index (χ2n) is 4.00. The molecule has 2 aromatic rings. The summed E-state index contributed by atoms with van der Waals surface area (Å²) in [5, 5.41) is 0.702. The quantitative estimate of drug-likeness (QED) is 0.926. The molecule has 0 saturated heterocycles. The minimum Gasteiger partial charge on any atom is -0.278 e. The highest BCUT2D eigenvalue weighted by atomic mass is 35.5. The highest BCUT2D eigenvalue weighted by Gasteiger charge is 2.17. The van der Waals surface area contributed by atoms with Gasteiger partial charge in [0, 0.05) is 5.02 Å². The lowest BCUT2D eigenvalue weighted by Crippen LogP contribution is -2.14. The maximum absolute atomic E-state index is 12.3. The zero-order chi connectivity index (χ0) is 14.0. The molecule has 19 heavy (non-hydrogen) atoms. The fraction of sp³-hybridized carbons (Fsp3) is 0.0769. The van der Waals surface area contributed by atoms with Crippen LogP contribution in [-0.4, -0.2) is 8.42 Å². The molecule has 0 aromatic heterocycles. The first kappa shape index (κ1) is 14.2. The number of aryl methyl sites for hydroxylation is 1. The Morgan fingerprint density at radius 2 is 1.74 bits per heavy atom. The van der Waals surface area contributed by atoms with Crippen LogP contribution in [0.25, 0.3) is 0 Å². The number of anilines is 1. The predicted octanol–water partition coefficient (Wildman–Crippen LogP) is 4.10. The van der Waals surface area contributed by atoms with Crippen LogP contribution in [-0.2, 0) is 10.0 Å². The molecular weight excluding hydrogens is 305 g/mol. The van der Waals surface area contributed by atoms with Gasteiger partial charge in [-0.2, -0.15) is 0 Å². The van der Waals surface area contributed by atoms with Crippen molar-refractivity contribution >= 4 is 38.9 Å². The molecule has 0 saturated carbocycles. The lowest BCUT2D eigenvalue weighted by atomic mass is 10.2. The van der Waals surface area contributed by atoms with Gasteiger partial charge < -0.3 is 0 Å². The Kier molecular flexibility index (Phi) is 4.04. The monoisotopic (exact) mass is 315 g/mol. The van der Waals surface area contributed by atoms with E-state index in [1.165, 1.54) is 12.1 Å². The Balaban J connectivity index is 2.40. The number of rotatable bonds is 3. The summed E-state index contributed by atoms with van der Waals surface area (Å²) in [7, 11) is -3.66. The molecule has 1 N–H and O–H groups in total. The summed E-state index contributed by atoms with van der Waals surface area (Å²) in [4.78, 5) is 0.223. The molecule has 0 aliphatic carbocycles. The first-order valence-electron chi connectivity index (χ1n) is 5.43. The van der Waals surface area contributed by atoms with Crippen molar-refractivity contribution in [3.63, 3.8) is 0 Å². The lowest BCUT2D eigenvalue weighted by Gasteiger charge is -2.11. The maximum atomic E-state index is 12.3. The molecule has 0 unspecified atom stereocenters. The fourth-order valence-corrected chi connectivity index (χ4v) is 3.47. The molecule has 2 rings (SSSR count). The molecule has 0 heterocycles. The van der Waals surface area contributed by atoms with Crippen LogP contribution < -0.4 is 4.72 Å². The molecule has 0 amide bonds. The van der Waals surface area contributed by atoms with Crippen molar-refractivity contribution in [2.24, 2.45) is 0 Å². The summed E-state index contributed by atoms with van der Waals surface area (Å²) in [6, 6.07) is 11.3. The summed E-state index contributed by atoms with van der Waals surface area (Å²) in [5.41, 5.74) is 0.967. The summed E-state index contributed by atoms with van der Waals surface area (Å²) in [5.74, 6) is 0. The Bertz CT molecular complexity index is 714. The zero-order valence-electron chi connectivity index (χ0n) is 10.0. The third kappa shape index (κ3) is 3.21. The largest absolute Gasteiger partial charge is 0.278 e. The van der Waals surface area contributed by atoms with Crippen molar-refractivity contribution in [1.82, 2.24) is 0 Å². The van der Waals surface area contributed by atoms with Gasteiger partial charge in [-0.05, 0) is 36.8 Å². The standard InChI is InChI=1S/C13H11Cl2NO2S/c1-9-4-2-3-5-13(9)19(17,18)16-12-7-6-10(14)8-11(12)15/h2-8,16H,1H3. The van der Waals surface area contributed by atoms with E-state index in [1.54, 1.807) is 37.3 Å². The Hall–Kier alpha value is -1.23. The second kappa shape index (κ2) is 5.41. The van der Waals surface area contributed by atoms with Crippen LogP contribution >= 0.6 is 23.2 Å². The SMILES string of the molecule is Cc1ccccc1S(=O)(=O)Nc1ccc(Cl)cc1Cl. The number of benzene rings is 2. The zero-order valence-corrected chi connectivity index (χ0v) is 12.4. The fourth-order valence-electron chi connectivity index (χ4n) is 1.63. The topological polar surface area (TPSA) is 46.2 Å². The highest BCUT2D eigenvalue weighted by Crippen LogP contribution is 2.28. The van der Waals surface area contributed by atoms with Crippen molar-refractivity contribution < 1.29 is 8.42 Å². The van der Waals surface area contributed by atoms with E-state index in [0.29, 0.717) is 16.3 Å². The van der Waals surface area contributed by atoms with Crippen LogP contribution in [0.3, 0.4) is 0 Å². The van der Waals surface area contributed by atoms with Gasteiger partial charge in [0.15, 0.2) is 0 Å². The molecule has 0 radical (unpaired) electrons. The van der Waals surface area contributed by atoms with Crippen molar-refractivity contribution in [1.29, 1.82) is 0 Å². The molecule has 0 aliphatic rings. The number of halogens is 2. The first-order valence-corrected chi connectivity index (χ1v) is 7.67. The molecule has 6 heteroatoms. The van der Waals surface area contributed by atoms with Crippen LogP contribution in [0.5, 0.6) is 0 Å². The van der Waals surface area contributed by atoms with Gasteiger partial charge in [-0.3, -0.25) is 4.72 Å². The predicted molar refractivity (Wildman–Crippen MR) is 78.4 cm³/mol. The smallest absolute Gasteiger partial charge is 0.262 e. The summed E-state index contributed by atoms with van der Waals surface area (Å²) in [6.45, 7) is 1.73. The Morgan fingerprint density at radius 1 is 1.05 bits per heavy atom. The van der Waals surface area contributed by atoms with E-state index < -0.39 is 10.0 Å². The van der Waals surface area contributed by atoms with Gasteiger partial charge in [-0.1, -0.05) is 41.4 Å². The van der Waals surface area contributed by atoms with E-state index in [2.05, 4.69) is 4.72 Å². The normalized spacial score (nSPS) is 11.3. The van der Waals surface area contributed by atoms with Crippen LogP contribution in [0.4, 0.5) is 5.69 Å². The van der Waals surface area contributed by atoms with Crippen LogP contribution in [0.15, 0.2) is 47.4 Å². The number of nitrogens with one attached hydrogen (secondary N) is 1. The van der Waals surface area contributed by atoms with Crippen LogP contribution in [0.2, 0.25) is 10.0 Å². The van der Waals surface area contributed by atoms with Gasteiger partial charge in [-0.15, -0.1) is 0 Å². The van der Waals surface area contributed by atoms with Crippen molar-refractivity contribution in [2.75, 3.05) is 4.72 Å². The van der Waals surface area contributed by atoms with Gasteiger partial charge in [0.05, 0.1) is 15.6 Å². The third-order valence-corrected chi connectivity index (χ3v) is 4.63. The van der Waals surface area contributed by atoms with E-state index in [-0.39, 0.29) is 9.92 Å². The molecular formula is C13H11Cl2NO2S. The highest BCUT2D eigenvalue weighted by molar-refractivity contribution is 7.92. The van der Waals surface area contributed by atoms with E-state index in [1.807, 2.05) is 0 Å².